The van der Waals surface area contributed by atoms with Gasteiger partial charge in [-0.1, -0.05) is 18.2 Å². The Kier molecular flexibility index (Phi) is 6.57. The lowest BCUT2D eigenvalue weighted by Crippen LogP contribution is -3.00. The van der Waals surface area contributed by atoms with E-state index in [9.17, 15) is 9.90 Å². The summed E-state index contributed by atoms with van der Waals surface area (Å²) in [5, 5.41) is 9.96. The number of quaternary nitrogens is 1. The first-order valence-corrected chi connectivity index (χ1v) is 4.83. The molecule has 0 unspecified atom stereocenters. The minimum Gasteiger partial charge on any atom is -1.00 e. The zero-order valence-electron chi connectivity index (χ0n) is 9.72. The molecule has 0 saturated heterocycles. The summed E-state index contributed by atoms with van der Waals surface area (Å²) in [7, 11) is 2.76. The van der Waals surface area contributed by atoms with Crippen LogP contribution in [0.5, 0.6) is 5.75 Å². The largest absolute Gasteiger partial charge is 1.00 e. The van der Waals surface area contributed by atoms with Gasteiger partial charge in [0.25, 0.3) is 0 Å². The van der Waals surface area contributed by atoms with E-state index in [1.54, 1.807) is 24.3 Å². The van der Waals surface area contributed by atoms with Gasteiger partial charge in [0.2, 0.25) is 6.04 Å². The number of carbonyl (C=O) groups excluding carboxylic acids is 1. The fraction of sp³-hybridized carbons (Fsp3) is 0.364. The van der Waals surface area contributed by atoms with Crippen molar-refractivity contribution in [3.8, 4) is 5.75 Å². The third-order valence-corrected chi connectivity index (χ3v) is 2.34. The molecule has 1 aromatic carbocycles. The number of benzene rings is 1. The summed E-state index contributed by atoms with van der Waals surface area (Å²) >= 11 is 0. The van der Waals surface area contributed by atoms with Gasteiger partial charge in [0.15, 0.2) is 0 Å². The predicted octanol–water partition coefficient (Wildman–Crippen LogP) is -3.48. The summed E-state index contributed by atoms with van der Waals surface area (Å²) in [5.74, 6) is -0.0361. The van der Waals surface area contributed by atoms with Crippen molar-refractivity contribution in [1.29, 1.82) is 0 Å². The van der Waals surface area contributed by atoms with Crippen LogP contribution >= 0.6 is 0 Å². The Morgan fingerprint density at radius 1 is 1.35 bits per heavy atom. The van der Waals surface area contributed by atoms with E-state index in [1.807, 2.05) is 0 Å². The Labute approximate surface area is 106 Å². The SMILES string of the molecule is COC(=O)[C@@H]([NH3+])[C@H](O)c1ccccc1OC.[Cl-]. The van der Waals surface area contributed by atoms with Crippen molar-refractivity contribution in [3.63, 3.8) is 0 Å². The van der Waals surface area contributed by atoms with E-state index in [0.29, 0.717) is 11.3 Å². The lowest BCUT2D eigenvalue weighted by Gasteiger charge is -2.16. The third kappa shape index (κ3) is 3.59. The molecule has 0 aliphatic heterocycles. The average Bonchev–Trinajstić information content (AvgIpc) is 2.35. The van der Waals surface area contributed by atoms with Crippen molar-refractivity contribution in [2.24, 2.45) is 0 Å². The second-order valence-corrected chi connectivity index (χ2v) is 3.32. The first kappa shape index (κ1) is 15.7. The molecule has 1 rings (SSSR count). The van der Waals surface area contributed by atoms with E-state index in [-0.39, 0.29) is 12.4 Å². The molecule has 0 heterocycles. The number of esters is 1. The minimum atomic E-state index is -1.04. The Morgan fingerprint density at radius 3 is 2.47 bits per heavy atom. The second-order valence-electron chi connectivity index (χ2n) is 3.32. The zero-order valence-corrected chi connectivity index (χ0v) is 10.5. The van der Waals surface area contributed by atoms with Gasteiger partial charge >= 0.3 is 5.97 Å². The number of para-hydroxylation sites is 1. The van der Waals surface area contributed by atoms with Gasteiger partial charge in [0.1, 0.15) is 11.9 Å². The lowest BCUT2D eigenvalue weighted by atomic mass is 10.0. The predicted molar refractivity (Wildman–Crippen MR) is 56.6 cm³/mol. The molecule has 96 valence electrons. The molecule has 0 fully saturated rings. The summed E-state index contributed by atoms with van der Waals surface area (Å²) in [6.07, 6.45) is -1.04. The highest BCUT2D eigenvalue weighted by atomic mass is 35.5. The topological polar surface area (TPSA) is 83.4 Å². The average molecular weight is 262 g/mol. The molecule has 17 heavy (non-hydrogen) atoms. The number of halogens is 1. The molecule has 2 atom stereocenters. The summed E-state index contributed by atoms with van der Waals surface area (Å²) in [4.78, 5) is 11.2. The molecule has 0 aromatic heterocycles. The summed E-state index contributed by atoms with van der Waals surface area (Å²) < 4.78 is 9.62. The summed E-state index contributed by atoms with van der Waals surface area (Å²) in [6.45, 7) is 0. The molecule has 0 saturated carbocycles. The number of aliphatic hydroxyl groups excluding tert-OH is 1. The molecule has 1 aromatic rings. The third-order valence-electron chi connectivity index (χ3n) is 2.34. The first-order chi connectivity index (χ1) is 7.61. The van der Waals surface area contributed by atoms with Crippen molar-refractivity contribution in [2.75, 3.05) is 14.2 Å². The van der Waals surface area contributed by atoms with Crippen LogP contribution in [0, 0.1) is 0 Å². The molecule has 0 radical (unpaired) electrons. The molecule has 0 bridgehead atoms. The van der Waals surface area contributed by atoms with Crippen LogP contribution in [-0.4, -0.2) is 31.3 Å². The number of rotatable bonds is 4. The number of ether oxygens (including phenoxy) is 2. The molecule has 0 spiro atoms. The van der Waals surface area contributed by atoms with Gasteiger partial charge in [-0.2, -0.15) is 0 Å². The van der Waals surface area contributed by atoms with Gasteiger partial charge in [-0.3, -0.25) is 0 Å². The van der Waals surface area contributed by atoms with Crippen LogP contribution in [0.3, 0.4) is 0 Å². The summed E-state index contributed by atoms with van der Waals surface area (Å²) in [6, 6.07) is 6.06. The molecule has 0 amide bonds. The molecule has 0 aliphatic carbocycles. The lowest BCUT2D eigenvalue weighted by molar-refractivity contribution is -0.426. The molecule has 4 N–H and O–H groups in total. The van der Waals surface area contributed by atoms with Crippen LogP contribution in [0.15, 0.2) is 24.3 Å². The number of carbonyl (C=O) groups is 1. The van der Waals surface area contributed by atoms with E-state index in [0.717, 1.165) is 0 Å². The highest BCUT2D eigenvalue weighted by Gasteiger charge is 2.30. The van der Waals surface area contributed by atoms with Gasteiger partial charge in [-0.25, -0.2) is 4.79 Å². The van der Waals surface area contributed by atoms with Crippen molar-refractivity contribution in [1.82, 2.24) is 0 Å². The minimum absolute atomic E-state index is 0. The number of hydrogen-bond donors (Lipinski definition) is 2. The highest BCUT2D eigenvalue weighted by molar-refractivity contribution is 5.75. The Hall–Kier alpha value is -1.30. The van der Waals surface area contributed by atoms with Crippen LogP contribution in [-0.2, 0) is 9.53 Å². The molecule has 6 heteroatoms. The maximum Gasteiger partial charge on any atom is 0.367 e. The quantitative estimate of drug-likeness (QED) is 0.552. The van der Waals surface area contributed by atoms with Crippen molar-refractivity contribution < 1.29 is 37.5 Å². The van der Waals surface area contributed by atoms with E-state index >= 15 is 0 Å². The normalized spacial score (nSPS) is 13.2. The van der Waals surface area contributed by atoms with Crippen LogP contribution < -0.4 is 22.9 Å². The number of methoxy groups -OCH3 is 2. The molecular formula is C11H16ClNO4. The summed E-state index contributed by atoms with van der Waals surface area (Å²) in [5.41, 5.74) is 4.10. The molecule has 5 nitrogen and oxygen atoms in total. The monoisotopic (exact) mass is 261 g/mol. The number of aliphatic hydroxyl groups is 1. The van der Waals surface area contributed by atoms with E-state index in [2.05, 4.69) is 10.5 Å². The van der Waals surface area contributed by atoms with Gasteiger partial charge in [0, 0.05) is 5.56 Å². The first-order valence-electron chi connectivity index (χ1n) is 4.83. The van der Waals surface area contributed by atoms with Crippen molar-refractivity contribution in [3.05, 3.63) is 29.8 Å². The van der Waals surface area contributed by atoms with E-state index < -0.39 is 18.1 Å². The fourth-order valence-corrected chi connectivity index (χ4v) is 1.41. The van der Waals surface area contributed by atoms with Gasteiger partial charge in [-0.15, -0.1) is 0 Å². The van der Waals surface area contributed by atoms with Crippen LogP contribution in [0.1, 0.15) is 11.7 Å². The van der Waals surface area contributed by atoms with Crippen LogP contribution in [0.2, 0.25) is 0 Å². The van der Waals surface area contributed by atoms with Gasteiger partial charge in [-0.05, 0) is 6.07 Å². The van der Waals surface area contributed by atoms with E-state index in [1.165, 1.54) is 14.2 Å². The maximum atomic E-state index is 11.2. The Bertz CT molecular complexity index is 372. The maximum absolute atomic E-state index is 11.2. The fourth-order valence-electron chi connectivity index (χ4n) is 1.41. The highest BCUT2D eigenvalue weighted by Crippen LogP contribution is 2.25. The number of hydrogen-bond acceptors (Lipinski definition) is 4. The van der Waals surface area contributed by atoms with Crippen molar-refractivity contribution in [2.45, 2.75) is 12.1 Å². The van der Waals surface area contributed by atoms with E-state index in [4.69, 9.17) is 4.74 Å². The standard InChI is InChI=1S/C11H15NO4.ClH/c1-15-8-6-4-3-5-7(8)10(13)9(12)11(14)16-2;/h3-6,9-10,13H,12H2,1-2H3;1H/t9-,10+;/m0./s1. The molecular weight excluding hydrogens is 246 g/mol. The zero-order chi connectivity index (χ0) is 12.1. The Morgan fingerprint density at radius 2 is 1.94 bits per heavy atom. The smallest absolute Gasteiger partial charge is 0.367 e. The van der Waals surface area contributed by atoms with Gasteiger partial charge < -0.3 is 32.7 Å². The van der Waals surface area contributed by atoms with Gasteiger partial charge in [0.05, 0.1) is 14.2 Å². The second kappa shape index (κ2) is 7.11. The Balaban J connectivity index is 0.00000256. The van der Waals surface area contributed by atoms with Crippen molar-refractivity contribution >= 4 is 5.97 Å². The molecule has 0 aliphatic rings. The van der Waals surface area contributed by atoms with Crippen LogP contribution in [0.4, 0.5) is 0 Å². The van der Waals surface area contributed by atoms with Crippen LogP contribution in [0.25, 0.3) is 0 Å².